The molecule has 3 rings (SSSR count). The molecule has 1 aliphatic heterocycles. The Hall–Kier alpha value is -2.29. The Morgan fingerprint density at radius 1 is 1.00 bits per heavy atom. The lowest BCUT2D eigenvalue weighted by atomic mass is 10.1. The molecule has 0 saturated carbocycles. The molecule has 20 heavy (non-hydrogen) atoms. The molecule has 0 radical (unpaired) electrons. The lowest BCUT2D eigenvalue weighted by molar-refractivity contribution is -0.117. The van der Waals surface area contributed by atoms with Gasteiger partial charge in [0.25, 0.3) is 0 Å². The van der Waals surface area contributed by atoms with Crippen LogP contribution in [0.2, 0.25) is 0 Å². The fourth-order valence-corrected chi connectivity index (χ4v) is 2.57. The number of carbonyl (C=O) groups excluding carboxylic acids is 1. The lowest BCUT2D eigenvalue weighted by Crippen LogP contribution is -2.43. The van der Waals surface area contributed by atoms with Gasteiger partial charge in [0.1, 0.15) is 0 Å². The second-order valence-corrected chi connectivity index (χ2v) is 5.31. The smallest absolute Gasteiger partial charge is 0.246 e. The first-order valence-electron chi connectivity index (χ1n) is 6.81. The number of amides is 1. The zero-order valence-electron chi connectivity index (χ0n) is 11.8. The summed E-state index contributed by atoms with van der Waals surface area (Å²) in [7, 11) is 1.96. The van der Waals surface area contributed by atoms with E-state index in [0.717, 1.165) is 16.9 Å². The number of rotatable bonds is 2. The number of carbonyl (C=O) groups is 1. The Morgan fingerprint density at radius 3 is 2.35 bits per heavy atom. The van der Waals surface area contributed by atoms with Crippen LogP contribution in [-0.2, 0) is 11.3 Å². The third-order valence-corrected chi connectivity index (χ3v) is 3.72. The highest BCUT2D eigenvalue weighted by Crippen LogP contribution is 2.33. The predicted octanol–water partition coefficient (Wildman–Crippen LogP) is 2.98. The Labute approximate surface area is 119 Å². The second kappa shape index (κ2) is 5.00. The zero-order valence-corrected chi connectivity index (χ0v) is 11.8. The highest BCUT2D eigenvalue weighted by Gasteiger charge is 2.26. The fourth-order valence-electron chi connectivity index (χ4n) is 2.57. The van der Waals surface area contributed by atoms with Gasteiger partial charge in [0.2, 0.25) is 5.91 Å². The van der Waals surface area contributed by atoms with Crippen molar-refractivity contribution >= 4 is 17.3 Å². The fraction of sp³-hybridized carbons (Fsp3) is 0.235. The summed E-state index contributed by atoms with van der Waals surface area (Å²) < 4.78 is 0. The number of likely N-dealkylation sites (N-methyl/N-ethyl adjacent to an activating group) is 1. The molecule has 0 spiro atoms. The van der Waals surface area contributed by atoms with Crippen molar-refractivity contribution in [2.45, 2.75) is 13.5 Å². The van der Waals surface area contributed by atoms with Crippen molar-refractivity contribution in [2.24, 2.45) is 0 Å². The molecule has 1 amide bonds. The molecule has 0 aromatic heterocycles. The van der Waals surface area contributed by atoms with Crippen LogP contribution in [0, 0.1) is 6.92 Å². The van der Waals surface area contributed by atoms with Crippen molar-refractivity contribution in [3.05, 3.63) is 59.7 Å². The molecular weight excluding hydrogens is 248 g/mol. The normalized spacial score (nSPS) is 14.4. The maximum atomic E-state index is 12.3. The van der Waals surface area contributed by atoms with Crippen LogP contribution in [-0.4, -0.2) is 19.5 Å². The topological polar surface area (TPSA) is 23.6 Å². The van der Waals surface area contributed by atoms with Gasteiger partial charge in [-0.1, -0.05) is 42.0 Å². The maximum Gasteiger partial charge on any atom is 0.246 e. The van der Waals surface area contributed by atoms with Crippen LogP contribution in [0.1, 0.15) is 11.1 Å². The summed E-state index contributed by atoms with van der Waals surface area (Å²) in [5, 5.41) is 0. The highest BCUT2D eigenvalue weighted by atomic mass is 16.2. The molecule has 0 unspecified atom stereocenters. The molecule has 0 atom stereocenters. The first kappa shape index (κ1) is 12.7. The summed E-state index contributed by atoms with van der Waals surface area (Å²) in [6, 6.07) is 16.4. The minimum Gasteiger partial charge on any atom is -0.364 e. The van der Waals surface area contributed by atoms with E-state index >= 15 is 0 Å². The molecule has 0 aliphatic carbocycles. The van der Waals surface area contributed by atoms with E-state index in [0.29, 0.717) is 13.1 Å². The number of anilines is 2. The number of nitrogens with zero attached hydrogens (tertiary/aromatic N) is 2. The molecule has 2 aromatic rings. The van der Waals surface area contributed by atoms with Crippen molar-refractivity contribution in [3.63, 3.8) is 0 Å². The highest BCUT2D eigenvalue weighted by molar-refractivity contribution is 6.02. The number of benzene rings is 2. The van der Waals surface area contributed by atoms with Crippen LogP contribution in [0.5, 0.6) is 0 Å². The van der Waals surface area contributed by atoms with Crippen LogP contribution >= 0.6 is 0 Å². The maximum absolute atomic E-state index is 12.3. The van der Waals surface area contributed by atoms with Gasteiger partial charge in [-0.3, -0.25) is 4.79 Å². The average Bonchev–Trinajstić information content (AvgIpc) is 2.45. The number of hydrogen-bond acceptors (Lipinski definition) is 2. The van der Waals surface area contributed by atoms with Gasteiger partial charge in [-0.15, -0.1) is 0 Å². The molecule has 3 heteroatoms. The van der Waals surface area contributed by atoms with Crippen LogP contribution in [0.3, 0.4) is 0 Å². The third kappa shape index (κ3) is 2.27. The SMILES string of the molecule is Cc1ccc(CN2C(=O)CN(C)c3ccccc32)cc1. The summed E-state index contributed by atoms with van der Waals surface area (Å²) in [6.45, 7) is 3.13. The zero-order chi connectivity index (χ0) is 14.1. The standard InChI is InChI=1S/C17H18N2O/c1-13-7-9-14(10-8-13)11-19-16-6-4-3-5-15(16)18(2)12-17(19)20/h3-10H,11-12H2,1-2H3. The number of hydrogen-bond donors (Lipinski definition) is 0. The summed E-state index contributed by atoms with van der Waals surface area (Å²) in [4.78, 5) is 16.2. The molecule has 0 N–H and O–H groups in total. The van der Waals surface area contributed by atoms with Crippen molar-refractivity contribution in [2.75, 3.05) is 23.4 Å². The van der Waals surface area contributed by atoms with Gasteiger partial charge in [0.05, 0.1) is 24.5 Å². The molecule has 1 aliphatic rings. The van der Waals surface area contributed by atoms with Gasteiger partial charge in [-0.25, -0.2) is 0 Å². The monoisotopic (exact) mass is 266 g/mol. The van der Waals surface area contributed by atoms with Crippen LogP contribution in [0.15, 0.2) is 48.5 Å². The third-order valence-electron chi connectivity index (χ3n) is 3.72. The van der Waals surface area contributed by atoms with Gasteiger partial charge < -0.3 is 9.80 Å². The van der Waals surface area contributed by atoms with Crippen molar-refractivity contribution in [3.8, 4) is 0 Å². The largest absolute Gasteiger partial charge is 0.364 e. The minimum absolute atomic E-state index is 0.145. The first-order chi connectivity index (χ1) is 9.65. The second-order valence-electron chi connectivity index (χ2n) is 5.31. The van der Waals surface area contributed by atoms with Crippen molar-refractivity contribution in [1.82, 2.24) is 0 Å². The van der Waals surface area contributed by atoms with E-state index in [9.17, 15) is 4.79 Å². The van der Waals surface area contributed by atoms with Crippen LogP contribution < -0.4 is 9.80 Å². The van der Waals surface area contributed by atoms with E-state index in [-0.39, 0.29) is 5.91 Å². The Bertz CT molecular complexity index is 634. The molecule has 0 bridgehead atoms. The van der Waals surface area contributed by atoms with Crippen LogP contribution in [0.4, 0.5) is 11.4 Å². The number of fused-ring (bicyclic) bond motifs is 1. The summed E-state index contributed by atoms with van der Waals surface area (Å²) in [5.41, 5.74) is 4.49. The Kier molecular flexibility index (Phi) is 3.18. The number of para-hydroxylation sites is 2. The average molecular weight is 266 g/mol. The molecule has 1 heterocycles. The van der Waals surface area contributed by atoms with E-state index in [1.54, 1.807) is 0 Å². The molecule has 0 saturated heterocycles. The lowest BCUT2D eigenvalue weighted by Gasteiger charge is -2.35. The van der Waals surface area contributed by atoms with Gasteiger partial charge >= 0.3 is 0 Å². The number of aryl methyl sites for hydroxylation is 1. The Balaban J connectivity index is 1.94. The van der Waals surface area contributed by atoms with Crippen molar-refractivity contribution in [1.29, 1.82) is 0 Å². The van der Waals surface area contributed by atoms with Gasteiger partial charge in [-0.05, 0) is 24.6 Å². The van der Waals surface area contributed by atoms with Gasteiger partial charge in [0, 0.05) is 7.05 Å². The molecule has 2 aromatic carbocycles. The summed E-state index contributed by atoms with van der Waals surface area (Å²) in [6.07, 6.45) is 0. The molecule has 102 valence electrons. The summed E-state index contributed by atoms with van der Waals surface area (Å²) >= 11 is 0. The van der Waals surface area contributed by atoms with E-state index in [1.165, 1.54) is 5.56 Å². The summed E-state index contributed by atoms with van der Waals surface area (Å²) in [5.74, 6) is 0.145. The Morgan fingerprint density at radius 2 is 1.65 bits per heavy atom. The minimum atomic E-state index is 0.145. The van der Waals surface area contributed by atoms with E-state index in [4.69, 9.17) is 0 Å². The quantitative estimate of drug-likeness (QED) is 0.834. The van der Waals surface area contributed by atoms with Gasteiger partial charge in [-0.2, -0.15) is 0 Å². The van der Waals surface area contributed by atoms with E-state index < -0.39 is 0 Å². The van der Waals surface area contributed by atoms with E-state index in [1.807, 2.05) is 35.0 Å². The molecular formula is C17H18N2O. The van der Waals surface area contributed by atoms with Gasteiger partial charge in [0.15, 0.2) is 0 Å². The molecule has 3 nitrogen and oxygen atoms in total. The molecule has 0 fully saturated rings. The van der Waals surface area contributed by atoms with E-state index in [2.05, 4.69) is 37.3 Å². The van der Waals surface area contributed by atoms with Crippen molar-refractivity contribution < 1.29 is 4.79 Å². The first-order valence-corrected chi connectivity index (χ1v) is 6.81. The predicted molar refractivity (Wildman–Crippen MR) is 82.1 cm³/mol. The van der Waals surface area contributed by atoms with Crippen LogP contribution in [0.25, 0.3) is 0 Å².